The van der Waals surface area contributed by atoms with Crippen LogP contribution in [0, 0.1) is 13.8 Å². The molecule has 0 saturated carbocycles. The number of hydrogen-bond donors (Lipinski definition) is 1. The molecule has 1 amide bonds. The van der Waals surface area contributed by atoms with Crippen LogP contribution in [0.15, 0.2) is 17.2 Å². The van der Waals surface area contributed by atoms with Gasteiger partial charge in [0.05, 0.1) is 5.69 Å². The molecule has 3 heterocycles. The molecule has 9 heteroatoms. The second-order valence-electron chi connectivity index (χ2n) is 5.90. The molecule has 2 aromatic heterocycles. The lowest BCUT2D eigenvalue weighted by molar-refractivity contribution is 0.101. The number of nitrogens with zero attached hydrogens (tertiary/aromatic N) is 3. The normalized spacial score (nSPS) is 15.8. The summed E-state index contributed by atoms with van der Waals surface area (Å²) < 4.78 is 28.2. The molecule has 1 aliphatic heterocycles. The van der Waals surface area contributed by atoms with Crippen molar-refractivity contribution < 1.29 is 13.2 Å². The first kappa shape index (κ1) is 17.1. The van der Waals surface area contributed by atoms with Crippen molar-refractivity contribution in [2.24, 2.45) is 7.05 Å². The Labute approximate surface area is 145 Å². The number of anilines is 1. The third-order valence-electron chi connectivity index (χ3n) is 4.16. The zero-order chi connectivity index (χ0) is 17.5. The van der Waals surface area contributed by atoms with Crippen LogP contribution >= 0.6 is 11.3 Å². The maximum Gasteiger partial charge on any atom is 0.274 e. The Morgan fingerprint density at radius 2 is 1.96 bits per heavy atom. The summed E-state index contributed by atoms with van der Waals surface area (Å²) in [6.07, 6.45) is 3.24. The molecule has 0 aromatic carbocycles. The predicted molar refractivity (Wildman–Crippen MR) is 92.9 cm³/mol. The minimum atomic E-state index is -3.53. The van der Waals surface area contributed by atoms with E-state index >= 15 is 0 Å². The monoisotopic (exact) mass is 368 g/mol. The lowest BCUT2D eigenvalue weighted by atomic mass is 10.4. The third-order valence-corrected chi connectivity index (χ3v) is 7.02. The average Bonchev–Trinajstić information content (AvgIpc) is 3.21. The van der Waals surface area contributed by atoms with E-state index in [0.717, 1.165) is 23.4 Å². The molecule has 1 saturated heterocycles. The summed E-state index contributed by atoms with van der Waals surface area (Å²) in [6, 6.07) is 1.43. The number of sulfonamides is 1. The zero-order valence-corrected chi connectivity index (χ0v) is 15.5. The molecule has 1 N–H and O–H groups in total. The van der Waals surface area contributed by atoms with Gasteiger partial charge in [0, 0.05) is 31.2 Å². The van der Waals surface area contributed by atoms with Gasteiger partial charge in [-0.05, 0) is 32.8 Å². The molecule has 3 rings (SSSR count). The van der Waals surface area contributed by atoms with Crippen LogP contribution in [-0.4, -0.2) is 41.3 Å². The molecule has 7 nitrogen and oxygen atoms in total. The summed E-state index contributed by atoms with van der Waals surface area (Å²) in [6.45, 7) is 4.89. The summed E-state index contributed by atoms with van der Waals surface area (Å²) in [5.74, 6) is -0.367. The zero-order valence-electron chi connectivity index (χ0n) is 13.9. The fraction of sp³-hybridized carbons (Fsp3) is 0.467. The van der Waals surface area contributed by atoms with Crippen molar-refractivity contribution >= 4 is 32.4 Å². The van der Waals surface area contributed by atoms with Gasteiger partial charge >= 0.3 is 0 Å². The molecular formula is C15H20N4O3S2. The van der Waals surface area contributed by atoms with Crippen LogP contribution in [0.2, 0.25) is 0 Å². The van der Waals surface area contributed by atoms with Crippen LogP contribution in [0.3, 0.4) is 0 Å². The van der Waals surface area contributed by atoms with Gasteiger partial charge in [-0.15, -0.1) is 11.3 Å². The number of carbonyl (C=O) groups excluding carboxylic acids is 1. The maximum absolute atomic E-state index is 12.6. The van der Waals surface area contributed by atoms with Crippen molar-refractivity contribution in [3.8, 4) is 0 Å². The highest BCUT2D eigenvalue weighted by Crippen LogP contribution is 2.24. The molecule has 2 aromatic rings. The van der Waals surface area contributed by atoms with Crippen LogP contribution in [-0.2, 0) is 17.1 Å². The van der Waals surface area contributed by atoms with Crippen molar-refractivity contribution in [1.82, 2.24) is 13.9 Å². The van der Waals surface area contributed by atoms with Crippen LogP contribution in [0.4, 0.5) is 5.13 Å². The summed E-state index contributed by atoms with van der Waals surface area (Å²) >= 11 is 1.40. The van der Waals surface area contributed by atoms with Gasteiger partial charge in [0.2, 0.25) is 10.0 Å². The van der Waals surface area contributed by atoms with E-state index in [4.69, 9.17) is 0 Å². The number of carbonyl (C=O) groups is 1. The Morgan fingerprint density at radius 3 is 2.54 bits per heavy atom. The van der Waals surface area contributed by atoms with E-state index in [2.05, 4.69) is 10.3 Å². The Hall–Kier alpha value is -1.71. The summed E-state index contributed by atoms with van der Waals surface area (Å²) in [7, 11) is -1.87. The third kappa shape index (κ3) is 3.11. The Morgan fingerprint density at radius 1 is 1.29 bits per heavy atom. The molecule has 0 aliphatic carbocycles. The van der Waals surface area contributed by atoms with Gasteiger partial charge in [-0.3, -0.25) is 10.1 Å². The quantitative estimate of drug-likeness (QED) is 0.896. The molecule has 1 fully saturated rings. The van der Waals surface area contributed by atoms with E-state index in [1.165, 1.54) is 32.5 Å². The van der Waals surface area contributed by atoms with E-state index in [-0.39, 0.29) is 10.8 Å². The van der Waals surface area contributed by atoms with Crippen molar-refractivity contribution in [1.29, 1.82) is 0 Å². The molecule has 0 atom stereocenters. The summed E-state index contributed by atoms with van der Waals surface area (Å²) in [5, 5.41) is 3.25. The number of rotatable bonds is 4. The Bertz CT molecular complexity index is 857. The SMILES string of the molecule is Cc1nc(NC(=O)c2cc(S(=O)(=O)N3CCCC3)cn2C)sc1C. The first-order valence-corrected chi connectivity index (χ1v) is 9.96. The molecular weight excluding hydrogens is 348 g/mol. The molecule has 130 valence electrons. The van der Waals surface area contributed by atoms with Gasteiger partial charge in [-0.2, -0.15) is 4.31 Å². The lowest BCUT2D eigenvalue weighted by Gasteiger charge is -2.13. The van der Waals surface area contributed by atoms with E-state index in [0.29, 0.717) is 23.9 Å². The summed E-state index contributed by atoms with van der Waals surface area (Å²) in [5.41, 5.74) is 1.16. The number of amides is 1. The van der Waals surface area contributed by atoms with Gasteiger partial charge in [0.15, 0.2) is 5.13 Å². The van der Waals surface area contributed by atoms with Gasteiger partial charge in [-0.1, -0.05) is 0 Å². The van der Waals surface area contributed by atoms with Crippen LogP contribution < -0.4 is 5.32 Å². The highest BCUT2D eigenvalue weighted by molar-refractivity contribution is 7.89. The first-order valence-electron chi connectivity index (χ1n) is 7.71. The van der Waals surface area contributed by atoms with Crippen LogP contribution in [0.5, 0.6) is 0 Å². The fourth-order valence-corrected chi connectivity index (χ4v) is 5.06. The van der Waals surface area contributed by atoms with Crippen molar-refractivity contribution in [3.05, 3.63) is 28.5 Å². The van der Waals surface area contributed by atoms with E-state index in [1.54, 1.807) is 7.05 Å². The average molecular weight is 368 g/mol. The molecule has 24 heavy (non-hydrogen) atoms. The number of thiazole rings is 1. The van der Waals surface area contributed by atoms with Gasteiger partial charge in [0.25, 0.3) is 5.91 Å². The van der Waals surface area contributed by atoms with Gasteiger partial charge in [-0.25, -0.2) is 13.4 Å². The second kappa shape index (κ2) is 6.30. The van der Waals surface area contributed by atoms with Crippen molar-refractivity contribution in [2.45, 2.75) is 31.6 Å². The largest absolute Gasteiger partial charge is 0.345 e. The number of nitrogens with one attached hydrogen (secondary N) is 1. The van der Waals surface area contributed by atoms with Crippen LogP contribution in [0.25, 0.3) is 0 Å². The lowest BCUT2D eigenvalue weighted by Crippen LogP contribution is -2.27. The highest BCUT2D eigenvalue weighted by Gasteiger charge is 2.29. The predicted octanol–water partition coefficient (Wildman–Crippen LogP) is 2.14. The van der Waals surface area contributed by atoms with Gasteiger partial charge < -0.3 is 4.57 Å². The van der Waals surface area contributed by atoms with Gasteiger partial charge in [0.1, 0.15) is 10.6 Å². The topological polar surface area (TPSA) is 84.3 Å². The fourth-order valence-electron chi connectivity index (χ4n) is 2.67. The summed E-state index contributed by atoms with van der Waals surface area (Å²) in [4.78, 5) is 17.9. The Kier molecular flexibility index (Phi) is 4.50. The number of aromatic nitrogens is 2. The smallest absolute Gasteiger partial charge is 0.274 e. The Balaban J connectivity index is 1.84. The molecule has 1 aliphatic rings. The van der Waals surface area contributed by atoms with E-state index < -0.39 is 10.0 Å². The molecule has 0 spiro atoms. The standard InChI is InChI=1S/C15H20N4O3S2/c1-10-11(2)23-15(16-10)17-14(20)13-8-12(9-18(13)3)24(21,22)19-6-4-5-7-19/h8-9H,4-7H2,1-3H3,(H,16,17,20). The molecule has 0 unspecified atom stereocenters. The minimum absolute atomic E-state index is 0.156. The molecule has 0 bridgehead atoms. The highest BCUT2D eigenvalue weighted by atomic mass is 32.2. The second-order valence-corrected chi connectivity index (χ2v) is 9.04. The van der Waals surface area contributed by atoms with E-state index in [9.17, 15) is 13.2 Å². The first-order chi connectivity index (χ1) is 11.3. The molecule has 0 radical (unpaired) electrons. The number of hydrogen-bond acceptors (Lipinski definition) is 5. The van der Waals surface area contributed by atoms with Crippen molar-refractivity contribution in [3.63, 3.8) is 0 Å². The van der Waals surface area contributed by atoms with Crippen molar-refractivity contribution in [2.75, 3.05) is 18.4 Å². The maximum atomic E-state index is 12.6. The number of aryl methyl sites for hydroxylation is 3. The van der Waals surface area contributed by atoms with Crippen LogP contribution in [0.1, 0.15) is 33.9 Å². The minimum Gasteiger partial charge on any atom is -0.345 e. The van der Waals surface area contributed by atoms with E-state index in [1.807, 2.05) is 13.8 Å².